The molecular formula is C16H12O3S. The van der Waals surface area contributed by atoms with Crippen LogP contribution in [-0.4, -0.2) is 18.0 Å². The zero-order valence-corrected chi connectivity index (χ0v) is 11.6. The van der Waals surface area contributed by atoms with Gasteiger partial charge in [0.05, 0.1) is 7.11 Å². The van der Waals surface area contributed by atoms with Gasteiger partial charge in [-0.3, -0.25) is 4.79 Å². The van der Waals surface area contributed by atoms with Gasteiger partial charge in [0.2, 0.25) is 5.78 Å². The molecule has 0 aliphatic rings. The number of hydrogen-bond acceptors (Lipinski definition) is 4. The topological polar surface area (TPSA) is 46.5 Å². The molecule has 0 amide bonds. The van der Waals surface area contributed by atoms with Gasteiger partial charge in [-0.2, -0.15) is 0 Å². The van der Waals surface area contributed by atoms with Crippen LogP contribution in [0, 0.1) is 0 Å². The fourth-order valence-electron chi connectivity index (χ4n) is 2.06. The predicted molar refractivity (Wildman–Crippen MR) is 79.9 cm³/mol. The van der Waals surface area contributed by atoms with E-state index in [9.17, 15) is 9.90 Å². The molecule has 3 nitrogen and oxygen atoms in total. The minimum atomic E-state index is -0.164. The van der Waals surface area contributed by atoms with Crippen molar-refractivity contribution >= 4 is 27.2 Å². The number of benzene rings is 2. The first kappa shape index (κ1) is 12.7. The summed E-state index contributed by atoms with van der Waals surface area (Å²) in [6.07, 6.45) is 0. The van der Waals surface area contributed by atoms with Crippen molar-refractivity contribution in [2.45, 2.75) is 0 Å². The van der Waals surface area contributed by atoms with Crippen LogP contribution in [0.5, 0.6) is 11.5 Å². The van der Waals surface area contributed by atoms with Crippen molar-refractivity contribution in [1.82, 2.24) is 0 Å². The second-order valence-corrected chi connectivity index (χ2v) is 5.39. The van der Waals surface area contributed by atoms with Crippen molar-refractivity contribution < 1.29 is 14.6 Å². The zero-order valence-electron chi connectivity index (χ0n) is 10.8. The Morgan fingerprint density at radius 2 is 1.90 bits per heavy atom. The lowest BCUT2D eigenvalue weighted by Crippen LogP contribution is -1.97. The molecule has 1 aromatic heterocycles. The molecule has 100 valence electrons. The number of fused-ring (bicyclic) bond motifs is 1. The minimum absolute atomic E-state index is 0.0431. The van der Waals surface area contributed by atoms with Crippen LogP contribution < -0.4 is 4.74 Å². The number of aromatic hydroxyl groups is 1. The van der Waals surface area contributed by atoms with E-state index in [-0.39, 0.29) is 11.5 Å². The molecular weight excluding hydrogens is 272 g/mol. The van der Waals surface area contributed by atoms with Gasteiger partial charge in [-0.15, -0.1) is 11.3 Å². The van der Waals surface area contributed by atoms with Gasteiger partial charge >= 0.3 is 0 Å². The van der Waals surface area contributed by atoms with Crippen molar-refractivity contribution in [3.63, 3.8) is 0 Å². The first-order chi connectivity index (χ1) is 9.70. The largest absolute Gasteiger partial charge is 0.506 e. The Hall–Kier alpha value is -2.33. The second kappa shape index (κ2) is 4.98. The second-order valence-electron chi connectivity index (χ2n) is 4.34. The smallest absolute Gasteiger partial charge is 0.206 e. The van der Waals surface area contributed by atoms with Crippen LogP contribution in [0.15, 0.2) is 48.5 Å². The molecule has 0 saturated carbocycles. The third-order valence-electron chi connectivity index (χ3n) is 3.11. The standard InChI is InChI=1S/C16H12O3S/c1-19-11-7-8-12-13(9-11)20-16(15(12)18)14(17)10-5-3-2-4-6-10/h2-9,18H,1H3. The highest BCUT2D eigenvalue weighted by Crippen LogP contribution is 2.39. The minimum Gasteiger partial charge on any atom is -0.506 e. The molecule has 3 rings (SSSR count). The summed E-state index contributed by atoms with van der Waals surface area (Å²) < 4.78 is 5.99. The van der Waals surface area contributed by atoms with Crippen molar-refractivity contribution in [2.75, 3.05) is 7.11 Å². The summed E-state index contributed by atoms with van der Waals surface area (Å²) in [5.74, 6) is 0.585. The molecule has 0 fully saturated rings. The van der Waals surface area contributed by atoms with E-state index in [1.165, 1.54) is 11.3 Å². The van der Waals surface area contributed by atoms with Gasteiger partial charge in [-0.05, 0) is 18.2 Å². The maximum Gasteiger partial charge on any atom is 0.206 e. The van der Waals surface area contributed by atoms with Crippen molar-refractivity contribution in [3.8, 4) is 11.5 Å². The first-order valence-electron chi connectivity index (χ1n) is 6.10. The van der Waals surface area contributed by atoms with E-state index in [1.807, 2.05) is 12.1 Å². The molecule has 1 heterocycles. The zero-order chi connectivity index (χ0) is 14.1. The van der Waals surface area contributed by atoms with E-state index < -0.39 is 0 Å². The Morgan fingerprint density at radius 1 is 1.15 bits per heavy atom. The number of ether oxygens (including phenoxy) is 1. The molecule has 4 heteroatoms. The number of thiophene rings is 1. The fraction of sp³-hybridized carbons (Fsp3) is 0.0625. The van der Waals surface area contributed by atoms with Gasteiger partial charge in [-0.25, -0.2) is 0 Å². The van der Waals surface area contributed by atoms with Gasteiger partial charge < -0.3 is 9.84 Å². The molecule has 0 unspecified atom stereocenters. The van der Waals surface area contributed by atoms with E-state index in [0.717, 1.165) is 4.70 Å². The van der Waals surface area contributed by atoms with Gasteiger partial charge in [-0.1, -0.05) is 30.3 Å². The van der Waals surface area contributed by atoms with Crippen LogP contribution in [0.3, 0.4) is 0 Å². The first-order valence-corrected chi connectivity index (χ1v) is 6.91. The predicted octanol–water partition coefficient (Wildman–Crippen LogP) is 3.85. The van der Waals surface area contributed by atoms with Crippen LogP contribution in [0.4, 0.5) is 0 Å². The van der Waals surface area contributed by atoms with E-state index in [1.54, 1.807) is 43.5 Å². The number of rotatable bonds is 3. The Kier molecular flexibility index (Phi) is 3.16. The van der Waals surface area contributed by atoms with Crippen molar-refractivity contribution in [3.05, 3.63) is 59.0 Å². The molecule has 0 bridgehead atoms. The van der Waals surface area contributed by atoms with Crippen LogP contribution >= 0.6 is 11.3 Å². The molecule has 0 aliphatic carbocycles. The SMILES string of the molecule is COc1ccc2c(O)c(C(=O)c3ccccc3)sc2c1. The monoisotopic (exact) mass is 284 g/mol. The van der Waals surface area contributed by atoms with Crippen molar-refractivity contribution in [2.24, 2.45) is 0 Å². The third-order valence-corrected chi connectivity index (χ3v) is 4.25. The van der Waals surface area contributed by atoms with Crippen molar-refractivity contribution in [1.29, 1.82) is 0 Å². The molecule has 3 aromatic rings. The highest BCUT2D eigenvalue weighted by atomic mass is 32.1. The maximum absolute atomic E-state index is 12.4. The van der Waals surface area contributed by atoms with E-state index in [0.29, 0.717) is 21.6 Å². The number of ketones is 1. The third kappa shape index (κ3) is 2.04. The number of carbonyl (C=O) groups excluding carboxylic acids is 1. The number of carbonyl (C=O) groups is 1. The molecule has 1 N–H and O–H groups in total. The van der Waals surface area contributed by atoms with Gasteiger partial charge in [0.1, 0.15) is 16.4 Å². The highest BCUT2D eigenvalue weighted by Gasteiger charge is 2.19. The Morgan fingerprint density at radius 3 is 2.60 bits per heavy atom. The number of methoxy groups -OCH3 is 1. The Balaban J connectivity index is 2.12. The molecule has 0 aliphatic heterocycles. The summed E-state index contributed by atoms with van der Waals surface area (Å²) in [6, 6.07) is 14.3. The molecule has 0 spiro atoms. The Labute approximate surface area is 120 Å². The fourth-order valence-corrected chi connectivity index (χ4v) is 3.15. The molecule has 0 atom stereocenters. The van der Waals surface area contributed by atoms with Crippen LogP contribution in [0.25, 0.3) is 10.1 Å². The van der Waals surface area contributed by atoms with E-state index in [4.69, 9.17) is 4.74 Å². The molecule has 0 radical (unpaired) electrons. The average Bonchev–Trinajstić information content (AvgIpc) is 2.84. The lowest BCUT2D eigenvalue weighted by molar-refractivity contribution is 0.104. The summed E-state index contributed by atoms with van der Waals surface area (Å²) in [5, 5.41) is 10.9. The summed E-state index contributed by atoms with van der Waals surface area (Å²) >= 11 is 1.28. The Bertz CT molecular complexity index is 775. The number of hydrogen-bond donors (Lipinski definition) is 1. The maximum atomic E-state index is 12.4. The summed E-state index contributed by atoms with van der Waals surface area (Å²) in [4.78, 5) is 12.8. The van der Waals surface area contributed by atoms with Crippen LogP contribution in [0.2, 0.25) is 0 Å². The molecule has 0 saturated heterocycles. The van der Waals surface area contributed by atoms with E-state index >= 15 is 0 Å². The quantitative estimate of drug-likeness (QED) is 0.743. The van der Waals surface area contributed by atoms with Crippen LogP contribution in [0.1, 0.15) is 15.2 Å². The molecule has 2 aromatic carbocycles. The lowest BCUT2D eigenvalue weighted by Gasteiger charge is -1.98. The molecule has 20 heavy (non-hydrogen) atoms. The summed E-state index contributed by atoms with van der Waals surface area (Å²) in [5.41, 5.74) is 0.571. The van der Waals surface area contributed by atoms with Crippen LogP contribution in [-0.2, 0) is 0 Å². The van der Waals surface area contributed by atoms with Gasteiger partial charge in [0, 0.05) is 15.6 Å². The average molecular weight is 284 g/mol. The summed E-state index contributed by atoms with van der Waals surface area (Å²) in [6.45, 7) is 0. The van der Waals surface area contributed by atoms with Gasteiger partial charge in [0.25, 0.3) is 0 Å². The van der Waals surface area contributed by atoms with Gasteiger partial charge in [0.15, 0.2) is 0 Å². The highest BCUT2D eigenvalue weighted by molar-refractivity contribution is 7.21. The normalized spacial score (nSPS) is 10.7. The van der Waals surface area contributed by atoms with E-state index in [2.05, 4.69) is 0 Å². The lowest BCUT2D eigenvalue weighted by atomic mass is 10.1. The summed E-state index contributed by atoms with van der Waals surface area (Å²) in [7, 11) is 1.59.